The number of benzene rings is 24. The Kier molecular flexibility index (Phi) is 21.8. The van der Waals surface area contributed by atoms with E-state index in [9.17, 15) is 0 Å². The van der Waals surface area contributed by atoms with E-state index in [-0.39, 0.29) is 0 Å². The van der Waals surface area contributed by atoms with Gasteiger partial charge in [-0.15, -0.1) is 0 Å². The number of fused-ring (bicyclic) bond motifs is 21. The molecule has 30 rings (SSSR count). The summed E-state index contributed by atoms with van der Waals surface area (Å²) < 4.78 is 0. The van der Waals surface area contributed by atoms with Crippen LogP contribution < -0.4 is 0 Å². The number of rotatable bonds is 12. The molecule has 0 amide bonds. The summed E-state index contributed by atoms with van der Waals surface area (Å²) in [6.45, 7) is 0. The molecule has 150 heavy (non-hydrogen) atoms. The highest BCUT2D eigenvalue weighted by Gasteiger charge is 2.24. The Hall–Kier alpha value is -20.1. The largest absolute Gasteiger partial charge is 0.256 e. The van der Waals surface area contributed by atoms with Crippen LogP contribution in [0.5, 0.6) is 0 Å². The van der Waals surface area contributed by atoms with Crippen molar-refractivity contribution in [2.45, 2.75) is 0 Å². The highest BCUT2D eigenvalue weighted by molar-refractivity contribution is 6.21. The zero-order valence-corrected chi connectivity index (χ0v) is 81.3. The summed E-state index contributed by atoms with van der Waals surface area (Å²) in [4.78, 5) is 46.1. The summed E-state index contributed by atoms with van der Waals surface area (Å²) >= 11 is 0. The van der Waals surface area contributed by atoms with Gasteiger partial charge in [0, 0.05) is 102 Å². The number of hydrogen-bond acceptors (Lipinski definition) is 9. The van der Waals surface area contributed by atoms with E-state index in [1.165, 1.54) is 140 Å². The molecule has 0 saturated carbocycles. The molecule has 0 saturated heterocycles. The monoisotopic (exact) mass is 1910 g/mol. The third-order valence-corrected chi connectivity index (χ3v) is 29.7. The first-order chi connectivity index (χ1) is 74.3. The quantitative estimate of drug-likeness (QED) is 0.110. The number of hydrogen-bond donors (Lipinski definition) is 0. The molecule has 6 heterocycles. The molecule has 6 aromatic heterocycles. The van der Waals surface area contributed by atoms with Crippen LogP contribution in [0.4, 0.5) is 0 Å². The molecular weight excluding hydrogens is 1820 g/mol. The minimum atomic E-state index is 0.685. The van der Waals surface area contributed by atoms with Crippen LogP contribution in [0.3, 0.4) is 0 Å². The van der Waals surface area contributed by atoms with Crippen LogP contribution >= 0.6 is 0 Å². The van der Waals surface area contributed by atoms with E-state index >= 15 is 0 Å². The molecule has 0 aliphatic heterocycles. The van der Waals surface area contributed by atoms with E-state index in [2.05, 4.69) is 491 Å². The van der Waals surface area contributed by atoms with Crippen LogP contribution in [-0.2, 0) is 0 Å². The van der Waals surface area contributed by atoms with Gasteiger partial charge >= 0.3 is 0 Å². The van der Waals surface area contributed by atoms with Gasteiger partial charge in [-0.2, -0.15) is 0 Å². The van der Waals surface area contributed by atoms with Crippen LogP contribution in [0.25, 0.3) is 297 Å². The number of nitrogens with zero attached hydrogens (tertiary/aromatic N) is 9. The molecule has 0 aliphatic carbocycles. The minimum absolute atomic E-state index is 0.685. The molecule has 696 valence electrons. The standard InChI is InChI=1S/3C47H29N3/c1-6-16-37-30(11-1)25-26-48-46(37)31-21-23-32(24-22-31)47-49-44(42-27-33-12-2-4-14-35(33)38-17-7-9-19-40(38)42)29-45(50-47)43-28-34-13-3-5-15-36(34)39-18-8-10-20-41(39)43;1-4-14-36-32(11-1)26-42(40-18-8-6-16-38(36)40)45-28-46(43-27-33-12-2-5-15-37(33)39-17-7-9-19-41(39)43)50-47(49-45)31-23-21-30(22-24-31)35-25-34-13-3-10-20-44(34)48-29-35;1-2-14-35-29-48-44(27-32(35)11-1)30-21-23-31(24-22-30)47-49-45(42-25-33-12-3-5-15-36(33)38-17-7-9-19-40(38)42)28-46(50-47)43-26-34-13-4-6-16-37(34)39-18-8-10-20-41(39)43/h3*1-29H. The van der Waals surface area contributed by atoms with Gasteiger partial charge in [0.1, 0.15) is 0 Å². The predicted molar refractivity (Wildman–Crippen MR) is 627 cm³/mol. The molecule has 0 atom stereocenters. The van der Waals surface area contributed by atoms with Gasteiger partial charge in [-0.25, -0.2) is 29.9 Å². The normalized spacial score (nSPS) is 11.6. The molecule has 0 spiro atoms. The molecule has 0 aliphatic rings. The Morgan fingerprint density at radius 3 is 0.693 bits per heavy atom. The van der Waals surface area contributed by atoms with Crippen molar-refractivity contribution in [1.29, 1.82) is 0 Å². The summed E-state index contributed by atoms with van der Waals surface area (Å²) in [5, 5.41) is 34.6. The molecule has 0 unspecified atom stereocenters. The van der Waals surface area contributed by atoms with Crippen molar-refractivity contribution < 1.29 is 0 Å². The van der Waals surface area contributed by atoms with Gasteiger partial charge in [-0.3, -0.25) is 15.0 Å². The van der Waals surface area contributed by atoms with E-state index in [1.807, 2.05) is 36.8 Å². The fraction of sp³-hybridized carbons (Fsp3) is 0. The van der Waals surface area contributed by atoms with E-state index in [0.29, 0.717) is 17.5 Å². The summed E-state index contributed by atoms with van der Waals surface area (Å²) in [5.74, 6) is 2.06. The molecule has 0 radical (unpaired) electrons. The molecule has 0 bridgehead atoms. The van der Waals surface area contributed by atoms with Crippen molar-refractivity contribution >= 4 is 162 Å². The second-order valence-corrected chi connectivity index (χ2v) is 38.5. The zero-order valence-electron chi connectivity index (χ0n) is 81.3. The Balaban J connectivity index is 0.000000108. The van der Waals surface area contributed by atoms with E-state index < -0.39 is 0 Å². The van der Waals surface area contributed by atoms with Crippen molar-refractivity contribution in [2.75, 3.05) is 0 Å². The number of aromatic nitrogens is 9. The summed E-state index contributed by atoms with van der Waals surface area (Å²) in [6, 6.07) is 180. The fourth-order valence-electron chi connectivity index (χ4n) is 22.4. The Morgan fingerprint density at radius 1 is 0.120 bits per heavy atom. The van der Waals surface area contributed by atoms with Crippen LogP contribution in [-0.4, -0.2) is 44.9 Å². The van der Waals surface area contributed by atoms with Crippen molar-refractivity contribution in [2.24, 2.45) is 0 Å². The lowest BCUT2D eigenvalue weighted by atomic mass is 9.93. The highest BCUT2D eigenvalue weighted by atomic mass is 14.9. The van der Waals surface area contributed by atoms with Crippen molar-refractivity contribution in [3.63, 3.8) is 0 Å². The second kappa shape index (κ2) is 37.2. The Morgan fingerprint density at radius 2 is 0.367 bits per heavy atom. The maximum Gasteiger partial charge on any atom is 0.160 e. The van der Waals surface area contributed by atoms with Crippen molar-refractivity contribution in [1.82, 2.24) is 44.9 Å². The Bertz CT molecular complexity index is 9870. The first-order valence-electron chi connectivity index (χ1n) is 50.8. The molecular formula is C141H87N9. The third kappa shape index (κ3) is 16.0. The molecule has 9 nitrogen and oxygen atoms in total. The maximum atomic E-state index is 5.32. The lowest BCUT2D eigenvalue weighted by molar-refractivity contribution is 1.19. The summed E-state index contributed by atoms with van der Waals surface area (Å²) in [6.07, 6.45) is 5.77. The maximum absolute atomic E-state index is 5.32. The average Bonchev–Trinajstić information content (AvgIpc) is 0.750. The van der Waals surface area contributed by atoms with E-state index in [1.54, 1.807) is 0 Å². The summed E-state index contributed by atoms with van der Waals surface area (Å²) in [7, 11) is 0. The van der Waals surface area contributed by atoms with Crippen molar-refractivity contribution in [3.05, 3.63) is 528 Å². The van der Waals surface area contributed by atoms with Gasteiger partial charge < -0.3 is 0 Å². The van der Waals surface area contributed by atoms with Gasteiger partial charge in [0.05, 0.1) is 51.1 Å². The highest BCUT2D eigenvalue weighted by Crippen LogP contribution is 2.47. The first-order valence-corrected chi connectivity index (χ1v) is 50.8. The van der Waals surface area contributed by atoms with Gasteiger partial charge in [0.25, 0.3) is 0 Å². The zero-order chi connectivity index (χ0) is 99.1. The van der Waals surface area contributed by atoms with Crippen LogP contribution in [0.1, 0.15) is 0 Å². The van der Waals surface area contributed by atoms with E-state index in [0.717, 1.165) is 140 Å². The predicted octanol–water partition coefficient (Wildman–Crippen LogP) is 36.9. The van der Waals surface area contributed by atoms with Crippen LogP contribution in [0, 0.1) is 0 Å². The van der Waals surface area contributed by atoms with Gasteiger partial charge in [-0.1, -0.05) is 431 Å². The molecule has 24 aromatic carbocycles. The van der Waals surface area contributed by atoms with Crippen molar-refractivity contribution in [3.8, 4) is 135 Å². The SMILES string of the molecule is c1ccc2c(-c3ccc(-c4nc(-c5cc6ccccc6c6ccccc56)cc(-c5cc6ccccc6c6ccccc56)n4)cc3)nccc2c1.c1ccc2cc(-c3ccc(-c4nc(-c5cc6ccccc6c6ccccc56)cc(-c5cc6ccccc6c6ccccc56)n4)cc3)ncc2c1.c1ccc2ncc(-c3ccc(-c4nc(-c5cc6ccccc6c6ccccc56)cc(-c5cc6ccccc6c6ccccc56)n4)cc3)cc2c1. The first kappa shape index (κ1) is 87.6. The number of para-hydroxylation sites is 1. The minimum Gasteiger partial charge on any atom is -0.256 e. The molecule has 0 fully saturated rings. The third-order valence-electron chi connectivity index (χ3n) is 29.7. The molecule has 30 aromatic rings. The van der Waals surface area contributed by atoms with Crippen LogP contribution in [0.15, 0.2) is 528 Å². The fourth-order valence-corrected chi connectivity index (χ4v) is 22.4. The van der Waals surface area contributed by atoms with Crippen LogP contribution in [0.2, 0.25) is 0 Å². The topological polar surface area (TPSA) is 116 Å². The van der Waals surface area contributed by atoms with Gasteiger partial charge in [0.2, 0.25) is 0 Å². The summed E-state index contributed by atoms with van der Waals surface area (Å²) in [5.41, 5.74) is 22.0. The Labute approximate surface area is 863 Å². The lowest BCUT2D eigenvalue weighted by Crippen LogP contribution is -1.97. The number of pyridine rings is 3. The smallest absolute Gasteiger partial charge is 0.160 e. The van der Waals surface area contributed by atoms with Gasteiger partial charge in [-0.05, 0) is 224 Å². The lowest BCUT2D eigenvalue weighted by Gasteiger charge is -2.15. The second-order valence-electron chi connectivity index (χ2n) is 38.5. The molecule has 0 N–H and O–H groups in total. The van der Waals surface area contributed by atoms with Gasteiger partial charge in [0.15, 0.2) is 17.5 Å². The molecule has 9 heteroatoms. The van der Waals surface area contributed by atoms with E-state index in [4.69, 9.17) is 44.9 Å². The average molecular weight is 1910 g/mol.